The summed E-state index contributed by atoms with van der Waals surface area (Å²) < 4.78 is 11.1. The van der Waals surface area contributed by atoms with Gasteiger partial charge in [-0.15, -0.1) is 0 Å². The lowest BCUT2D eigenvalue weighted by molar-refractivity contribution is 0.0499. The highest BCUT2D eigenvalue weighted by Gasteiger charge is 2.27. The number of furan rings is 1. The Balaban J connectivity index is 1.66. The van der Waals surface area contributed by atoms with Crippen molar-refractivity contribution in [2.45, 2.75) is 32.8 Å². The van der Waals surface area contributed by atoms with E-state index in [2.05, 4.69) is 9.97 Å². The zero-order valence-corrected chi connectivity index (χ0v) is 12.8. The Bertz CT molecular complexity index is 634. The Morgan fingerprint density at radius 1 is 1.41 bits per heavy atom. The summed E-state index contributed by atoms with van der Waals surface area (Å²) in [5.74, 6) is 1.54. The molecule has 2 aromatic rings. The number of aromatic nitrogens is 2. The lowest BCUT2D eigenvalue weighted by Gasteiger charge is -2.32. The third-order valence-electron chi connectivity index (χ3n) is 3.63. The van der Waals surface area contributed by atoms with Gasteiger partial charge in [-0.25, -0.2) is 4.98 Å². The Hall–Kier alpha value is -2.37. The number of piperidine rings is 1. The summed E-state index contributed by atoms with van der Waals surface area (Å²) in [6, 6.07) is 5.22. The molecule has 1 aliphatic rings. The zero-order chi connectivity index (χ0) is 15.5. The number of aryl methyl sites for hydroxylation is 2. The standard InChI is InChI=1S/C16H19N3O3/c1-11-9-15(18-12(2)17-11)22-13-5-3-7-19(10-13)16(20)14-6-4-8-21-14/h4,6,8-9,13H,3,5,7,10H2,1-2H3. The van der Waals surface area contributed by atoms with Crippen LogP contribution in [-0.2, 0) is 0 Å². The maximum Gasteiger partial charge on any atom is 0.289 e. The lowest BCUT2D eigenvalue weighted by atomic mass is 10.1. The third kappa shape index (κ3) is 3.27. The molecule has 0 spiro atoms. The summed E-state index contributed by atoms with van der Waals surface area (Å²) in [6.07, 6.45) is 3.27. The minimum absolute atomic E-state index is 0.0543. The highest BCUT2D eigenvalue weighted by Crippen LogP contribution is 2.19. The molecule has 2 aromatic heterocycles. The van der Waals surface area contributed by atoms with Crippen LogP contribution in [0.2, 0.25) is 0 Å². The maximum absolute atomic E-state index is 12.3. The van der Waals surface area contributed by atoms with Crippen LogP contribution in [-0.4, -0.2) is 40.0 Å². The molecule has 0 aromatic carbocycles. The summed E-state index contributed by atoms with van der Waals surface area (Å²) in [5.41, 5.74) is 0.877. The molecule has 1 fully saturated rings. The van der Waals surface area contributed by atoms with Gasteiger partial charge in [0.25, 0.3) is 5.91 Å². The molecule has 3 rings (SSSR count). The van der Waals surface area contributed by atoms with Crippen LogP contribution in [0.3, 0.4) is 0 Å². The van der Waals surface area contributed by atoms with Crippen LogP contribution < -0.4 is 4.74 Å². The molecule has 1 aliphatic heterocycles. The van der Waals surface area contributed by atoms with E-state index in [0.29, 0.717) is 24.0 Å². The molecule has 6 heteroatoms. The number of nitrogens with zero attached hydrogens (tertiary/aromatic N) is 3. The molecular formula is C16H19N3O3. The monoisotopic (exact) mass is 301 g/mol. The molecule has 1 amide bonds. The Morgan fingerprint density at radius 3 is 3.00 bits per heavy atom. The fraction of sp³-hybridized carbons (Fsp3) is 0.438. The minimum Gasteiger partial charge on any atom is -0.472 e. The summed E-state index contributed by atoms with van der Waals surface area (Å²) in [5, 5.41) is 0. The second-order valence-electron chi connectivity index (χ2n) is 5.51. The number of ether oxygens (including phenoxy) is 1. The van der Waals surface area contributed by atoms with E-state index in [1.165, 1.54) is 6.26 Å². The second-order valence-corrected chi connectivity index (χ2v) is 5.51. The van der Waals surface area contributed by atoms with E-state index < -0.39 is 0 Å². The van der Waals surface area contributed by atoms with Crippen molar-refractivity contribution in [3.8, 4) is 5.88 Å². The summed E-state index contributed by atoms with van der Waals surface area (Å²) in [7, 11) is 0. The van der Waals surface area contributed by atoms with Crippen molar-refractivity contribution in [1.29, 1.82) is 0 Å². The SMILES string of the molecule is Cc1cc(OC2CCCN(C(=O)c3ccco3)C2)nc(C)n1. The molecule has 0 bridgehead atoms. The first kappa shape index (κ1) is 14.6. The van der Waals surface area contributed by atoms with Crippen molar-refractivity contribution in [3.05, 3.63) is 41.7 Å². The number of hydrogen-bond donors (Lipinski definition) is 0. The van der Waals surface area contributed by atoms with Crippen molar-refractivity contribution in [2.24, 2.45) is 0 Å². The van der Waals surface area contributed by atoms with Crippen molar-refractivity contribution in [1.82, 2.24) is 14.9 Å². The normalized spacial score (nSPS) is 18.3. The fourth-order valence-electron chi connectivity index (χ4n) is 2.69. The van der Waals surface area contributed by atoms with Crippen molar-refractivity contribution in [3.63, 3.8) is 0 Å². The van der Waals surface area contributed by atoms with Crippen LogP contribution in [0.25, 0.3) is 0 Å². The molecule has 6 nitrogen and oxygen atoms in total. The number of hydrogen-bond acceptors (Lipinski definition) is 5. The molecule has 1 saturated heterocycles. The molecule has 1 unspecified atom stereocenters. The predicted octanol–water partition coefficient (Wildman–Crippen LogP) is 2.37. The summed E-state index contributed by atoms with van der Waals surface area (Å²) in [4.78, 5) is 22.6. The van der Waals surface area contributed by atoms with E-state index in [0.717, 1.165) is 25.1 Å². The van der Waals surface area contributed by atoms with Gasteiger partial charge in [-0.1, -0.05) is 0 Å². The minimum atomic E-state index is -0.0895. The molecular weight excluding hydrogens is 282 g/mol. The van der Waals surface area contributed by atoms with Crippen LogP contribution in [0.1, 0.15) is 34.9 Å². The van der Waals surface area contributed by atoms with Crippen molar-refractivity contribution in [2.75, 3.05) is 13.1 Å². The van der Waals surface area contributed by atoms with Gasteiger partial charge in [0.05, 0.1) is 12.8 Å². The second kappa shape index (κ2) is 6.17. The molecule has 0 saturated carbocycles. The van der Waals surface area contributed by atoms with Gasteiger partial charge in [-0.3, -0.25) is 4.79 Å². The molecule has 1 atom stereocenters. The summed E-state index contributed by atoms with van der Waals surface area (Å²) >= 11 is 0. The van der Waals surface area contributed by atoms with Gasteiger partial charge in [0.1, 0.15) is 11.9 Å². The highest BCUT2D eigenvalue weighted by atomic mass is 16.5. The van der Waals surface area contributed by atoms with Gasteiger partial charge in [0, 0.05) is 18.3 Å². The highest BCUT2D eigenvalue weighted by molar-refractivity contribution is 5.91. The fourth-order valence-corrected chi connectivity index (χ4v) is 2.69. The zero-order valence-electron chi connectivity index (χ0n) is 12.8. The summed E-state index contributed by atoms with van der Waals surface area (Å²) in [6.45, 7) is 5.02. The Morgan fingerprint density at radius 2 is 2.27 bits per heavy atom. The van der Waals surface area contributed by atoms with Gasteiger partial charge >= 0.3 is 0 Å². The van der Waals surface area contributed by atoms with Gasteiger partial charge in [0.15, 0.2) is 5.76 Å². The first-order valence-corrected chi connectivity index (χ1v) is 7.43. The van der Waals surface area contributed by atoms with Crippen LogP contribution in [0.4, 0.5) is 0 Å². The van der Waals surface area contributed by atoms with Crippen LogP contribution in [0, 0.1) is 13.8 Å². The number of likely N-dealkylation sites (tertiary alicyclic amines) is 1. The molecule has 3 heterocycles. The predicted molar refractivity (Wildman–Crippen MR) is 79.8 cm³/mol. The van der Waals surface area contributed by atoms with Crippen LogP contribution in [0.15, 0.2) is 28.9 Å². The molecule has 0 aliphatic carbocycles. The number of rotatable bonds is 3. The van der Waals surface area contributed by atoms with Gasteiger partial charge in [-0.05, 0) is 38.8 Å². The van der Waals surface area contributed by atoms with Gasteiger partial charge in [0.2, 0.25) is 5.88 Å². The largest absolute Gasteiger partial charge is 0.472 e. The Kier molecular flexibility index (Phi) is 4.09. The van der Waals surface area contributed by atoms with E-state index in [1.54, 1.807) is 17.0 Å². The number of carbonyl (C=O) groups excluding carboxylic acids is 1. The third-order valence-corrected chi connectivity index (χ3v) is 3.63. The van der Waals surface area contributed by atoms with Crippen molar-refractivity contribution >= 4 is 5.91 Å². The average Bonchev–Trinajstić information content (AvgIpc) is 3.00. The number of amides is 1. The van der Waals surface area contributed by atoms with E-state index in [9.17, 15) is 4.79 Å². The van der Waals surface area contributed by atoms with Crippen molar-refractivity contribution < 1.29 is 13.9 Å². The smallest absolute Gasteiger partial charge is 0.289 e. The van der Waals surface area contributed by atoms with Gasteiger partial charge < -0.3 is 14.1 Å². The topological polar surface area (TPSA) is 68.5 Å². The first-order chi connectivity index (χ1) is 10.6. The van der Waals surface area contributed by atoms with Crippen LogP contribution >= 0.6 is 0 Å². The van der Waals surface area contributed by atoms with Crippen LogP contribution in [0.5, 0.6) is 5.88 Å². The Labute approximate surface area is 129 Å². The molecule has 0 radical (unpaired) electrons. The van der Waals surface area contributed by atoms with E-state index in [-0.39, 0.29) is 12.0 Å². The molecule has 0 N–H and O–H groups in total. The number of carbonyl (C=O) groups is 1. The molecule has 116 valence electrons. The first-order valence-electron chi connectivity index (χ1n) is 7.43. The van der Waals surface area contributed by atoms with E-state index >= 15 is 0 Å². The van der Waals surface area contributed by atoms with E-state index in [4.69, 9.17) is 9.15 Å². The lowest BCUT2D eigenvalue weighted by Crippen LogP contribution is -2.44. The maximum atomic E-state index is 12.3. The molecule has 22 heavy (non-hydrogen) atoms. The van der Waals surface area contributed by atoms with E-state index in [1.807, 2.05) is 19.9 Å². The average molecular weight is 301 g/mol. The quantitative estimate of drug-likeness (QED) is 0.870. The van der Waals surface area contributed by atoms with Gasteiger partial charge in [-0.2, -0.15) is 4.98 Å².